The summed E-state index contributed by atoms with van der Waals surface area (Å²) >= 11 is 0. The third-order valence-corrected chi connectivity index (χ3v) is 3.57. The molecule has 1 aromatic rings. The van der Waals surface area contributed by atoms with Crippen LogP contribution in [0.3, 0.4) is 0 Å². The van der Waals surface area contributed by atoms with Crippen molar-refractivity contribution in [3.05, 3.63) is 35.4 Å². The lowest BCUT2D eigenvalue weighted by Gasteiger charge is -2.24. The van der Waals surface area contributed by atoms with Crippen LogP contribution in [0.1, 0.15) is 36.8 Å². The summed E-state index contributed by atoms with van der Waals surface area (Å²) in [6, 6.07) is 8.66. The van der Waals surface area contributed by atoms with Gasteiger partial charge in [-0.3, -0.25) is 0 Å². The molecule has 1 aliphatic rings. The maximum atomic E-state index is 5.71. The number of hydrogen-bond donors (Lipinski definition) is 1. The molecule has 0 aliphatic heterocycles. The summed E-state index contributed by atoms with van der Waals surface area (Å²) in [5.74, 6) is 0.952. The van der Waals surface area contributed by atoms with Crippen molar-refractivity contribution in [2.24, 2.45) is 5.92 Å². The summed E-state index contributed by atoms with van der Waals surface area (Å²) in [5, 5.41) is 3.15. The largest absolute Gasteiger partial charge is 0.377 e. The average molecular weight is 233 g/mol. The SMILES string of the molecule is CNCc1ccc(COCCC2CCC2)cc1. The highest BCUT2D eigenvalue weighted by molar-refractivity contribution is 5.21. The zero-order valence-corrected chi connectivity index (χ0v) is 10.7. The topological polar surface area (TPSA) is 21.3 Å². The predicted molar refractivity (Wildman–Crippen MR) is 70.8 cm³/mol. The van der Waals surface area contributed by atoms with Crippen molar-refractivity contribution in [3.63, 3.8) is 0 Å². The minimum atomic E-state index is 0.757. The molecule has 0 atom stereocenters. The number of hydrogen-bond acceptors (Lipinski definition) is 2. The molecular weight excluding hydrogens is 210 g/mol. The van der Waals surface area contributed by atoms with Crippen LogP contribution in [0, 0.1) is 5.92 Å². The first-order valence-electron chi connectivity index (χ1n) is 6.68. The Morgan fingerprint density at radius 1 is 1.18 bits per heavy atom. The van der Waals surface area contributed by atoms with E-state index in [1.165, 1.54) is 36.8 Å². The van der Waals surface area contributed by atoms with E-state index in [9.17, 15) is 0 Å². The Labute approximate surface area is 104 Å². The van der Waals surface area contributed by atoms with Crippen LogP contribution in [0.5, 0.6) is 0 Å². The van der Waals surface area contributed by atoms with Crippen molar-refractivity contribution in [2.75, 3.05) is 13.7 Å². The van der Waals surface area contributed by atoms with E-state index in [0.29, 0.717) is 0 Å². The van der Waals surface area contributed by atoms with Gasteiger partial charge in [0.1, 0.15) is 0 Å². The van der Waals surface area contributed by atoms with E-state index in [1.807, 2.05) is 7.05 Å². The van der Waals surface area contributed by atoms with Crippen LogP contribution in [0.15, 0.2) is 24.3 Å². The van der Waals surface area contributed by atoms with Gasteiger partial charge in [-0.15, -0.1) is 0 Å². The molecule has 0 unspecified atom stereocenters. The number of benzene rings is 1. The lowest BCUT2D eigenvalue weighted by molar-refractivity contribution is 0.0950. The number of rotatable bonds is 7. The van der Waals surface area contributed by atoms with Crippen molar-refractivity contribution >= 4 is 0 Å². The van der Waals surface area contributed by atoms with Gasteiger partial charge >= 0.3 is 0 Å². The molecule has 0 amide bonds. The van der Waals surface area contributed by atoms with Crippen LogP contribution in [0.4, 0.5) is 0 Å². The van der Waals surface area contributed by atoms with Gasteiger partial charge < -0.3 is 10.1 Å². The molecule has 1 fully saturated rings. The zero-order valence-electron chi connectivity index (χ0n) is 10.7. The normalized spacial score (nSPS) is 15.8. The molecule has 0 aromatic heterocycles. The molecule has 2 rings (SSSR count). The molecule has 1 N–H and O–H groups in total. The lowest BCUT2D eigenvalue weighted by atomic mass is 9.83. The fourth-order valence-corrected chi connectivity index (χ4v) is 2.18. The maximum absolute atomic E-state index is 5.71. The standard InChI is InChI=1S/C15H23NO/c1-16-11-14-5-7-15(8-6-14)12-17-10-9-13-3-2-4-13/h5-8,13,16H,2-4,9-12H2,1H3. The molecule has 1 aromatic carbocycles. The van der Waals surface area contributed by atoms with Gasteiger partial charge in [-0.05, 0) is 30.5 Å². The van der Waals surface area contributed by atoms with Crippen molar-refractivity contribution in [1.82, 2.24) is 5.32 Å². The Morgan fingerprint density at radius 2 is 1.88 bits per heavy atom. The molecule has 1 aliphatic carbocycles. The maximum Gasteiger partial charge on any atom is 0.0716 e. The highest BCUT2D eigenvalue weighted by Gasteiger charge is 2.16. The Hall–Kier alpha value is -0.860. The van der Waals surface area contributed by atoms with Gasteiger partial charge in [-0.1, -0.05) is 43.5 Å². The van der Waals surface area contributed by atoms with E-state index in [1.54, 1.807) is 0 Å². The van der Waals surface area contributed by atoms with Gasteiger partial charge in [0.05, 0.1) is 6.61 Å². The number of ether oxygens (including phenoxy) is 1. The van der Waals surface area contributed by atoms with Gasteiger partial charge in [-0.2, -0.15) is 0 Å². The first-order chi connectivity index (χ1) is 8.38. The molecule has 17 heavy (non-hydrogen) atoms. The zero-order chi connectivity index (χ0) is 11.9. The third kappa shape index (κ3) is 4.14. The van der Waals surface area contributed by atoms with Crippen molar-refractivity contribution in [1.29, 1.82) is 0 Å². The molecule has 1 saturated carbocycles. The van der Waals surface area contributed by atoms with E-state index < -0.39 is 0 Å². The summed E-state index contributed by atoms with van der Waals surface area (Å²) in [6.07, 6.45) is 5.51. The Kier molecular flexibility index (Phi) is 5.02. The van der Waals surface area contributed by atoms with Crippen LogP contribution >= 0.6 is 0 Å². The molecule has 0 saturated heterocycles. The summed E-state index contributed by atoms with van der Waals surface area (Å²) in [4.78, 5) is 0. The van der Waals surface area contributed by atoms with Crippen LogP contribution in [0.25, 0.3) is 0 Å². The van der Waals surface area contributed by atoms with Gasteiger partial charge in [0.15, 0.2) is 0 Å². The Balaban J connectivity index is 1.63. The Bertz CT molecular complexity index is 316. The molecule has 0 radical (unpaired) electrons. The first-order valence-corrected chi connectivity index (χ1v) is 6.68. The van der Waals surface area contributed by atoms with Gasteiger partial charge in [0.2, 0.25) is 0 Å². The van der Waals surface area contributed by atoms with Crippen molar-refractivity contribution in [3.8, 4) is 0 Å². The monoisotopic (exact) mass is 233 g/mol. The highest BCUT2D eigenvalue weighted by Crippen LogP contribution is 2.29. The minimum absolute atomic E-state index is 0.757. The average Bonchev–Trinajstić information content (AvgIpc) is 2.29. The van der Waals surface area contributed by atoms with E-state index in [4.69, 9.17) is 4.74 Å². The summed E-state index contributed by atoms with van der Waals surface area (Å²) in [5.41, 5.74) is 2.60. The minimum Gasteiger partial charge on any atom is -0.377 e. The molecular formula is C15H23NO. The summed E-state index contributed by atoms with van der Waals surface area (Å²) < 4.78 is 5.71. The van der Waals surface area contributed by atoms with Crippen molar-refractivity contribution in [2.45, 2.75) is 38.8 Å². The molecule has 0 heterocycles. The van der Waals surface area contributed by atoms with Gasteiger partial charge in [0.25, 0.3) is 0 Å². The quantitative estimate of drug-likeness (QED) is 0.731. The fourth-order valence-electron chi connectivity index (χ4n) is 2.18. The fraction of sp³-hybridized carbons (Fsp3) is 0.600. The second-order valence-corrected chi connectivity index (χ2v) is 4.99. The lowest BCUT2D eigenvalue weighted by Crippen LogP contribution is -2.13. The van der Waals surface area contributed by atoms with Crippen LogP contribution in [-0.2, 0) is 17.9 Å². The molecule has 2 heteroatoms. The van der Waals surface area contributed by atoms with E-state index in [-0.39, 0.29) is 0 Å². The van der Waals surface area contributed by atoms with Crippen molar-refractivity contribution < 1.29 is 4.74 Å². The third-order valence-electron chi connectivity index (χ3n) is 3.57. The highest BCUT2D eigenvalue weighted by atomic mass is 16.5. The second-order valence-electron chi connectivity index (χ2n) is 4.99. The van der Waals surface area contributed by atoms with Gasteiger partial charge in [0, 0.05) is 13.2 Å². The van der Waals surface area contributed by atoms with Crippen LogP contribution in [0.2, 0.25) is 0 Å². The smallest absolute Gasteiger partial charge is 0.0716 e. The second kappa shape index (κ2) is 6.77. The summed E-state index contributed by atoms with van der Waals surface area (Å²) in [6.45, 7) is 2.61. The van der Waals surface area contributed by atoms with E-state index in [2.05, 4.69) is 29.6 Å². The van der Waals surface area contributed by atoms with Crippen LogP contribution in [-0.4, -0.2) is 13.7 Å². The number of nitrogens with one attached hydrogen (secondary N) is 1. The molecule has 0 bridgehead atoms. The molecule has 2 nitrogen and oxygen atoms in total. The summed E-state index contributed by atoms with van der Waals surface area (Å²) in [7, 11) is 1.97. The molecule has 94 valence electrons. The van der Waals surface area contributed by atoms with Crippen LogP contribution < -0.4 is 5.32 Å². The van der Waals surface area contributed by atoms with E-state index >= 15 is 0 Å². The Morgan fingerprint density at radius 3 is 2.47 bits per heavy atom. The molecule has 0 spiro atoms. The first kappa shape index (κ1) is 12.6. The predicted octanol–water partition coefficient (Wildman–Crippen LogP) is 3.11. The van der Waals surface area contributed by atoms with E-state index in [0.717, 1.165) is 25.7 Å². The van der Waals surface area contributed by atoms with Gasteiger partial charge in [-0.25, -0.2) is 0 Å².